The molecule has 240 valence electrons. The number of nitrogens with zero attached hydrogens (tertiary/aromatic N) is 1. The van der Waals surface area contributed by atoms with Gasteiger partial charge in [0.25, 0.3) is 5.91 Å². The molecule has 0 aromatic rings. The Morgan fingerprint density at radius 2 is 1.74 bits per heavy atom. The minimum Gasteiger partial charge on any atom is -0.446 e. The second-order valence-corrected chi connectivity index (χ2v) is 14.1. The molecule has 1 saturated heterocycles. The number of ketones is 1. The number of fused-ring (bicyclic) bond motifs is 1. The van der Waals surface area contributed by atoms with E-state index in [4.69, 9.17) is 4.74 Å². The summed E-state index contributed by atoms with van der Waals surface area (Å²) in [5.41, 5.74) is -0.133. The standard InChI is InChI=1S/C33H52N4O6/c1-7-12-23(28(38)30(40)34-15-8-2)35-29(39)27-25-22(33(25,5)6)18-37(27)31(41)26(21-13-10-9-11-14-21)36-32(42)43-24-17-19(3)16-20(24)4/h8,19-27H,2,7,9-18H2,1,3-6H3,(H,34,40)(H,35,39)(H,36,42). The molecule has 0 radical (unpaired) electrons. The third-order valence-electron chi connectivity index (χ3n) is 10.6. The number of Topliss-reactive ketones (excluding diaryl/α,β-unsaturated/α-hetero) is 1. The normalized spacial score (nSPS) is 30.9. The highest BCUT2D eigenvalue weighted by Crippen LogP contribution is 2.65. The van der Waals surface area contributed by atoms with E-state index in [9.17, 15) is 24.0 Å². The minimum absolute atomic E-state index is 0.0367. The van der Waals surface area contributed by atoms with Gasteiger partial charge in [0.2, 0.25) is 17.6 Å². The van der Waals surface area contributed by atoms with Crippen LogP contribution >= 0.6 is 0 Å². The monoisotopic (exact) mass is 600 g/mol. The smallest absolute Gasteiger partial charge is 0.408 e. The molecule has 3 saturated carbocycles. The maximum atomic E-state index is 14.3. The van der Waals surface area contributed by atoms with Gasteiger partial charge in [-0.3, -0.25) is 19.2 Å². The Hall–Kier alpha value is -2.91. The number of hydrogen-bond donors (Lipinski definition) is 3. The molecule has 3 N–H and O–H groups in total. The zero-order valence-corrected chi connectivity index (χ0v) is 26.7. The van der Waals surface area contributed by atoms with Gasteiger partial charge in [0.15, 0.2) is 0 Å². The SMILES string of the molecule is C=CCNC(=O)C(=O)C(CCC)NC(=O)C1C2C(CN1C(=O)C(NC(=O)OC1CC(C)CC1C)C1CCCCC1)C2(C)C. The van der Waals surface area contributed by atoms with Gasteiger partial charge in [-0.05, 0) is 67.1 Å². The number of carbonyl (C=O) groups excluding carboxylic acids is 5. The van der Waals surface area contributed by atoms with Gasteiger partial charge in [-0.1, -0.05) is 66.4 Å². The molecule has 8 atom stereocenters. The summed E-state index contributed by atoms with van der Waals surface area (Å²) in [6.45, 7) is 14.4. The van der Waals surface area contributed by atoms with Crippen molar-refractivity contribution in [3.05, 3.63) is 12.7 Å². The van der Waals surface area contributed by atoms with Crippen molar-refractivity contribution in [3.8, 4) is 0 Å². The zero-order chi connectivity index (χ0) is 31.5. The molecule has 8 unspecified atom stereocenters. The Morgan fingerprint density at radius 1 is 1.05 bits per heavy atom. The van der Waals surface area contributed by atoms with Gasteiger partial charge < -0.3 is 25.6 Å². The number of rotatable bonds is 12. The Labute approximate surface area is 256 Å². The second kappa shape index (κ2) is 13.8. The molecule has 1 aliphatic heterocycles. The second-order valence-electron chi connectivity index (χ2n) is 14.1. The largest absolute Gasteiger partial charge is 0.446 e. The molecule has 4 aliphatic rings. The molecule has 4 fully saturated rings. The number of ether oxygens (including phenoxy) is 1. The quantitative estimate of drug-likeness (QED) is 0.231. The van der Waals surface area contributed by atoms with E-state index in [1.807, 2.05) is 6.92 Å². The lowest BCUT2D eigenvalue weighted by Gasteiger charge is -2.37. The predicted molar refractivity (Wildman–Crippen MR) is 163 cm³/mol. The van der Waals surface area contributed by atoms with E-state index in [1.165, 1.54) is 6.08 Å². The molecule has 0 spiro atoms. The highest BCUT2D eigenvalue weighted by atomic mass is 16.6. The summed E-state index contributed by atoms with van der Waals surface area (Å²) in [4.78, 5) is 68.4. The van der Waals surface area contributed by atoms with E-state index in [0.29, 0.717) is 25.3 Å². The van der Waals surface area contributed by atoms with Crippen LogP contribution < -0.4 is 16.0 Å². The summed E-state index contributed by atoms with van der Waals surface area (Å²) in [5.74, 6) is -1.37. The van der Waals surface area contributed by atoms with E-state index >= 15 is 0 Å². The van der Waals surface area contributed by atoms with E-state index in [0.717, 1.165) is 44.9 Å². The molecule has 3 aliphatic carbocycles. The maximum Gasteiger partial charge on any atom is 0.408 e. The first-order valence-corrected chi connectivity index (χ1v) is 16.4. The van der Waals surface area contributed by atoms with Crippen LogP contribution in [0.3, 0.4) is 0 Å². The molecule has 1 heterocycles. The first-order valence-electron chi connectivity index (χ1n) is 16.4. The number of carbonyl (C=O) groups is 5. The number of alkyl carbamates (subject to hydrolysis) is 1. The third kappa shape index (κ3) is 7.26. The number of likely N-dealkylation sites (tertiary alicyclic amines) is 1. The van der Waals surface area contributed by atoms with Crippen LogP contribution in [0.25, 0.3) is 0 Å². The molecule has 4 rings (SSSR count). The molecule has 0 bridgehead atoms. The van der Waals surface area contributed by atoms with Gasteiger partial charge in [-0.2, -0.15) is 0 Å². The summed E-state index contributed by atoms with van der Waals surface area (Å²) in [6, 6.07) is -2.55. The van der Waals surface area contributed by atoms with Crippen molar-refractivity contribution >= 4 is 29.6 Å². The van der Waals surface area contributed by atoms with E-state index < -0.39 is 41.8 Å². The van der Waals surface area contributed by atoms with Crippen LogP contribution in [0.2, 0.25) is 0 Å². The molecule has 10 heteroatoms. The van der Waals surface area contributed by atoms with Gasteiger partial charge in [0.1, 0.15) is 18.2 Å². The fraction of sp³-hybridized carbons (Fsp3) is 0.788. The van der Waals surface area contributed by atoms with Crippen LogP contribution in [0.15, 0.2) is 12.7 Å². The third-order valence-corrected chi connectivity index (χ3v) is 10.6. The molecule has 43 heavy (non-hydrogen) atoms. The van der Waals surface area contributed by atoms with Crippen LogP contribution in [-0.4, -0.2) is 71.8 Å². The highest BCUT2D eigenvalue weighted by Gasteiger charge is 2.69. The zero-order valence-electron chi connectivity index (χ0n) is 26.7. The summed E-state index contributed by atoms with van der Waals surface area (Å²) < 4.78 is 5.84. The topological polar surface area (TPSA) is 134 Å². The van der Waals surface area contributed by atoms with E-state index in [2.05, 4.69) is 50.2 Å². The fourth-order valence-electron chi connectivity index (χ4n) is 8.04. The maximum absolute atomic E-state index is 14.3. The van der Waals surface area contributed by atoms with Gasteiger partial charge >= 0.3 is 6.09 Å². The number of amides is 4. The number of piperidine rings is 1. The lowest BCUT2D eigenvalue weighted by Crippen LogP contribution is -2.59. The molecule has 0 aromatic heterocycles. The first-order chi connectivity index (χ1) is 20.4. The van der Waals surface area contributed by atoms with Crippen LogP contribution in [0.5, 0.6) is 0 Å². The molecular formula is C33H52N4O6. The van der Waals surface area contributed by atoms with Gasteiger partial charge in [0, 0.05) is 13.1 Å². The summed E-state index contributed by atoms with van der Waals surface area (Å²) in [6.07, 6.45) is 8.16. The number of hydrogen-bond acceptors (Lipinski definition) is 6. The van der Waals surface area contributed by atoms with Crippen molar-refractivity contribution in [2.75, 3.05) is 13.1 Å². The first kappa shape index (κ1) is 33.0. The average molecular weight is 601 g/mol. The van der Waals surface area contributed by atoms with Crippen molar-refractivity contribution in [2.45, 2.75) is 117 Å². The van der Waals surface area contributed by atoms with Crippen LogP contribution in [-0.2, 0) is 23.9 Å². The molecular weight excluding hydrogens is 548 g/mol. The Morgan fingerprint density at radius 3 is 2.35 bits per heavy atom. The predicted octanol–water partition coefficient (Wildman–Crippen LogP) is 3.74. The summed E-state index contributed by atoms with van der Waals surface area (Å²) in [5, 5.41) is 8.28. The Balaban J connectivity index is 1.52. The van der Waals surface area contributed by atoms with Gasteiger partial charge in [0.05, 0.1) is 6.04 Å². The van der Waals surface area contributed by atoms with Crippen LogP contribution in [0.1, 0.15) is 92.4 Å². The van der Waals surface area contributed by atoms with Gasteiger partial charge in [-0.15, -0.1) is 6.58 Å². The van der Waals surface area contributed by atoms with Crippen LogP contribution in [0, 0.1) is 35.0 Å². The lowest BCUT2D eigenvalue weighted by atomic mass is 9.83. The van der Waals surface area contributed by atoms with Crippen molar-refractivity contribution in [1.29, 1.82) is 0 Å². The van der Waals surface area contributed by atoms with Gasteiger partial charge in [-0.25, -0.2) is 4.79 Å². The van der Waals surface area contributed by atoms with Crippen LogP contribution in [0.4, 0.5) is 4.79 Å². The summed E-state index contributed by atoms with van der Waals surface area (Å²) >= 11 is 0. The lowest BCUT2D eigenvalue weighted by molar-refractivity contribution is -0.145. The van der Waals surface area contributed by atoms with Crippen molar-refractivity contribution in [1.82, 2.24) is 20.9 Å². The molecule has 10 nitrogen and oxygen atoms in total. The van der Waals surface area contributed by atoms with E-state index in [1.54, 1.807) is 4.90 Å². The molecule has 0 aromatic carbocycles. The molecule has 4 amide bonds. The Kier molecular flexibility index (Phi) is 10.6. The van der Waals surface area contributed by atoms with Crippen molar-refractivity contribution < 1.29 is 28.7 Å². The summed E-state index contributed by atoms with van der Waals surface area (Å²) in [7, 11) is 0. The van der Waals surface area contributed by atoms with Crippen molar-refractivity contribution in [3.63, 3.8) is 0 Å². The minimum atomic E-state index is -0.988. The van der Waals surface area contributed by atoms with E-state index in [-0.39, 0.29) is 47.6 Å². The average Bonchev–Trinajstić information content (AvgIpc) is 3.26. The highest BCUT2D eigenvalue weighted by molar-refractivity contribution is 6.38. The Bertz CT molecular complexity index is 1090. The number of nitrogens with one attached hydrogen (secondary N) is 3. The fourth-order valence-corrected chi connectivity index (χ4v) is 8.04. The van der Waals surface area contributed by atoms with Crippen molar-refractivity contribution in [2.24, 2.45) is 35.0 Å².